The summed E-state index contributed by atoms with van der Waals surface area (Å²) < 4.78 is 0. The predicted molar refractivity (Wildman–Crippen MR) is 96.7 cm³/mol. The third kappa shape index (κ3) is 3.36. The maximum Gasteiger partial charge on any atom is 0.333 e. The van der Waals surface area contributed by atoms with Gasteiger partial charge in [-0.3, -0.25) is 29.2 Å². The van der Waals surface area contributed by atoms with Crippen LogP contribution in [0.4, 0.5) is 4.79 Å². The average Bonchev–Trinajstić information content (AvgIpc) is 2.70. The Labute approximate surface area is 156 Å². The molecule has 0 saturated carbocycles. The Bertz CT molecular complexity index is 898. The van der Waals surface area contributed by atoms with E-state index in [9.17, 15) is 19.2 Å². The fraction of sp³-hybridized carbons (Fsp3) is 0.250. The molecule has 1 aliphatic rings. The van der Waals surface area contributed by atoms with Gasteiger partial charge in [-0.1, -0.05) is 30.3 Å². The molecule has 1 aromatic carbocycles. The topological polar surface area (TPSA) is 87.7 Å². The molecule has 1 atom stereocenters. The van der Waals surface area contributed by atoms with Crippen molar-refractivity contribution in [2.75, 3.05) is 13.6 Å². The zero-order valence-electron chi connectivity index (χ0n) is 15.1. The minimum absolute atomic E-state index is 0.140. The number of carbonyl (C=O) groups is 4. The van der Waals surface area contributed by atoms with Gasteiger partial charge in [0.25, 0.3) is 0 Å². The average molecular weight is 365 g/mol. The Kier molecular flexibility index (Phi) is 4.85. The Morgan fingerprint density at radius 2 is 1.74 bits per heavy atom. The van der Waals surface area contributed by atoms with Crippen molar-refractivity contribution in [2.45, 2.75) is 13.3 Å². The van der Waals surface area contributed by atoms with Gasteiger partial charge in [0.1, 0.15) is 5.41 Å². The number of hydrogen-bond donors (Lipinski definition) is 0. The molecule has 1 aliphatic heterocycles. The number of aromatic nitrogens is 1. The molecule has 0 spiro atoms. The number of carbonyl (C=O) groups excluding carboxylic acids is 4. The molecule has 1 unspecified atom stereocenters. The minimum atomic E-state index is -1.46. The van der Waals surface area contributed by atoms with Gasteiger partial charge in [-0.15, -0.1) is 0 Å². The number of hydrogen-bond acceptors (Lipinski definition) is 5. The number of urea groups is 1. The van der Waals surface area contributed by atoms with Crippen LogP contribution < -0.4 is 0 Å². The van der Waals surface area contributed by atoms with Crippen molar-refractivity contribution < 1.29 is 19.2 Å². The molecule has 0 N–H and O–H groups in total. The molecule has 0 aliphatic carbocycles. The second-order valence-electron chi connectivity index (χ2n) is 6.70. The summed E-state index contributed by atoms with van der Waals surface area (Å²) in [6.07, 6.45) is 3.04. The summed E-state index contributed by atoms with van der Waals surface area (Å²) in [5, 5.41) is 0. The first-order chi connectivity index (χ1) is 12.8. The van der Waals surface area contributed by atoms with Crippen LogP contribution in [0.15, 0.2) is 54.9 Å². The number of rotatable bonds is 5. The highest BCUT2D eigenvalue weighted by molar-refractivity contribution is 6.20. The second kappa shape index (κ2) is 7.11. The molecule has 3 rings (SSSR count). The first kappa shape index (κ1) is 18.4. The van der Waals surface area contributed by atoms with Crippen LogP contribution in [0, 0.1) is 5.41 Å². The van der Waals surface area contributed by atoms with Crippen molar-refractivity contribution in [3.05, 3.63) is 66.0 Å². The van der Waals surface area contributed by atoms with Crippen molar-refractivity contribution in [1.82, 2.24) is 14.8 Å². The van der Waals surface area contributed by atoms with Gasteiger partial charge in [0.05, 0.1) is 6.54 Å². The molecule has 1 saturated heterocycles. The lowest BCUT2D eigenvalue weighted by molar-refractivity contribution is -0.156. The lowest BCUT2D eigenvalue weighted by Crippen LogP contribution is -2.64. The summed E-state index contributed by atoms with van der Waals surface area (Å²) >= 11 is 0. The monoisotopic (exact) mass is 365 g/mol. The van der Waals surface area contributed by atoms with E-state index in [-0.39, 0.29) is 6.42 Å². The summed E-state index contributed by atoms with van der Waals surface area (Å²) in [6.45, 7) is 1.07. The van der Waals surface area contributed by atoms with Crippen LogP contribution in [0.1, 0.15) is 22.8 Å². The van der Waals surface area contributed by atoms with Gasteiger partial charge in [0, 0.05) is 25.0 Å². The minimum Gasteiger partial charge on any atom is -0.292 e. The lowest BCUT2D eigenvalue weighted by Gasteiger charge is -2.40. The van der Waals surface area contributed by atoms with E-state index in [0.717, 1.165) is 15.4 Å². The number of pyridine rings is 1. The molecule has 27 heavy (non-hydrogen) atoms. The predicted octanol–water partition coefficient (Wildman–Crippen LogP) is 1.93. The van der Waals surface area contributed by atoms with Crippen molar-refractivity contribution in [1.29, 1.82) is 0 Å². The standard InChI is InChI=1S/C20H19N3O4/c1-20(11-14-7-4-3-5-8-14)17(25)22(2)19(27)23(18(20)26)13-16(24)15-9-6-10-21-12-15/h3-10,12H,11,13H2,1-2H3. The number of amides is 4. The third-order valence-corrected chi connectivity index (χ3v) is 4.70. The van der Waals surface area contributed by atoms with Crippen LogP contribution in [0.25, 0.3) is 0 Å². The fourth-order valence-corrected chi connectivity index (χ4v) is 3.17. The number of Topliss-reactive ketones (excluding diaryl/α,β-unsaturated/α-hetero) is 1. The first-order valence-electron chi connectivity index (χ1n) is 8.46. The summed E-state index contributed by atoms with van der Waals surface area (Å²) in [5.74, 6) is -1.67. The fourth-order valence-electron chi connectivity index (χ4n) is 3.17. The largest absolute Gasteiger partial charge is 0.333 e. The van der Waals surface area contributed by atoms with Crippen LogP contribution in [0.3, 0.4) is 0 Å². The number of nitrogens with zero attached hydrogens (tertiary/aromatic N) is 3. The number of ketones is 1. The molecular formula is C20H19N3O4. The summed E-state index contributed by atoms with van der Waals surface area (Å²) in [6, 6.07) is 11.5. The molecule has 138 valence electrons. The van der Waals surface area contributed by atoms with Crippen LogP contribution in [0.5, 0.6) is 0 Å². The molecular weight excluding hydrogens is 346 g/mol. The first-order valence-corrected chi connectivity index (χ1v) is 8.46. The zero-order valence-corrected chi connectivity index (χ0v) is 15.1. The Morgan fingerprint density at radius 3 is 2.37 bits per heavy atom. The van der Waals surface area contributed by atoms with Gasteiger partial charge < -0.3 is 0 Å². The van der Waals surface area contributed by atoms with E-state index in [4.69, 9.17) is 0 Å². The maximum absolute atomic E-state index is 13.1. The number of benzene rings is 1. The number of barbiturate groups is 1. The van der Waals surface area contributed by atoms with Gasteiger partial charge in [-0.2, -0.15) is 0 Å². The molecule has 4 amide bonds. The molecule has 1 fully saturated rings. The normalized spacial score (nSPS) is 20.1. The van der Waals surface area contributed by atoms with E-state index in [1.165, 1.54) is 26.4 Å². The molecule has 2 heterocycles. The van der Waals surface area contributed by atoms with Crippen molar-refractivity contribution in [3.63, 3.8) is 0 Å². The van der Waals surface area contributed by atoms with E-state index in [2.05, 4.69) is 4.98 Å². The quantitative estimate of drug-likeness (QED) is 0.597. The van der Waals surface area contributed by atoms with Crippen LogP contribution in [-0.4, -0.2) is 52.0 Å². The van der Waals surface area contributed by atoms with Gasteiger partial charge >= 0.3 is 6.03 Å². The smallest absolute Gasteiger partial charge is 0.292 e. The Balaban J connectivity index is 1.90. The van der Waals surface area contributed by atoms with E-state index in [1.54, 1.807) is 12.1 Å². The van der Waals surface area contributed by atoms with Crippen molar-refractivity contribution in [3.8, 4) is 0 Å². The molecule has 7 nitrogen and oxygen atoms in total. The van der Waals surface area contributed by atoms with Crippen LogP contribution in [0.2, 0.25) is 0 Å². The van der Waals surface area contributed by atoms with Crippen molar-refractivity contribution >= 4 is 23.6 Å². The number of imide groups is 2. The van der Waals surface area contributed by atoms with E-state index >= 15 is 0 Å². The lowest BCUT2D eigenvalue weighted by atomic mass is 9.79. The molecule has 0 bridgehead atoms. The molecule has 0 radical (unpaired) electrons. The van der Waals surface area contributed by atoms with E-state index in [0.29, 0.717) is 5.56 Å². The highest BCUT2D eigenvalue weighted by atomic mass is 16.2. The summed E-state index contributed by atoms with van der Waals surface area (Å²) in [4.78, 5) is 56.4. The maximum atomic E-state index is 13.1. The summed E-state index contributed by atoms with van der Waals surface area (Å²) in [7, 11) is 1.32. The van der Waals surface area contributed by atoms with E-state index < -0.39 is 35.6 Å². The highest BCUT2D eigenvalue weighted by Crippen LogP contribution is 2.32. The van der Waals surface area contributed by atoms with Crippen LogP contribution in [-0.2, 0) is 16.0 Å². The van der Waals surface area contributed by atoms with E-state index in [1.807, 2.05) is 30.3 Å². The van der Waals surface area contributed by atoms with Gasteiger partial charge in [-0.05, 0) is 31.0 Å². The Hall–Kier alpha value is -3.35. The Morgan fingerprint density at radius 1 is 1.04 bits per heavy atom. The van der Waals surface area contributed by atoms with Crippen molar-refractivity contribution in [2.24, 2.45) is 5.41 Å². The SMILES string of the molecule is CN1C(=O)N(CC(=O)c2cccnc2)C(=O)C(C)(Cc2ccccc2)C1=O. The highest BCUT2D eigenvalue weighted by Gasteiger charge is 2.53. The molecule has 1 aromatic heterocycles. The van der Waals surface area contributed by atoms with Gasteiger partial charge in [0.15, 0.2) is 5.78 Å². The molecule has 2 aromatic rings. The third-order valence-electron chi connectivity index (χ3n) is 4.70. The van der Waals surface area contributed by atoms with Gasteiger partial charge in [0.2, 0.25) is 11.8 Å². The molecule has 7 heteroatoms. The van der Waals surface area contributed by atoms with Gasteiger partial charge in [-0.25, -0.2) is 4.79 Å². The second-order valence-corrected chi connectivity index (χ2v) is 6.70. The van der Waals surface area contributed by atoms with Crippen LogP contribution >= 0.6 is 0 Å². The zero-order chi connectivity index (χ0) is 19.6. The summed E-state index contributed by atoms with van der Waals surface area (Å²) in [5.41, 5.74) is -0.371.